The van der Waals surface area contributed by atoms with E-state index in [1.807, 2.05) is 0 Å². The second-order valence-corrected chi connectivity index (χ2v) is 4.85. The number of halogens is 9. The van der Waals surface area contributed by atoms with Crippen molar-refractivity contribution in [3.8, 4) is 0 Å². The molecule has 0 saturated heterocycles. The van der Waals surface area contributed by atoms with Crippen LogP contribution >= 0.6 is 0 Å². The van der Waals surface area contributed by atoms with Crippen LogP contribution in [0.5, 0.6) is 0 Å². The van der Waals surface area contributed by atoms with Crippen LogP contribution in [0.1, 0.15) is 20.8 Å². The summed E-state index contributed by atoms with van der Waals surface area (Å²) in [6.07, 6.45) is -14.7. The Morgan fingerprint density at radius 3 is 0.677 bits per heavy atom. The Morgan fingerprint density at radius 1 is 0.516 bits per heavy atom. The third-order valence-electron chi connectivity index (χ3n) is 1.84. The maximum absolute atomic E-state index is 11.3. The number of hydrogen-bond donors (Lipinski definition) is 0. The average molecular weight is 603 g/mol. The molecule has 0 bridgehead atoms. The van der Waals surface area contributed by atoms with Crippen molar-refractivity contribution in [1.82, 2.24) is 0 Å². The predicted octanol–water partition coefficient (Wildman–Crippen LogP) is 1.15. The van der Waals surface area contributed by atoms with Gasteiger partial charge >= 0.3 is 59.4 Å². The van der Waals surface area contributed by atoms with Crippen LogP contribution in [0.4, 0.5) is 39.5 Å². The fourth-order valence-corrected chi connectivity index (χ4v) is 0.799. The molecule has 0 aliphatic rings. The Hall–Kier alpha value is -1.65. The molecule has 0 aliphatic carbocycles. The Balaban J connectivity index is -0.000000174. The van der Waals surface area contributed by atoms with Gasteiger partial charge in [0, 0.05) is 0 Å². The van der Waals surface area contributed by atoms with Crippen LogP contribution in [0.3, 0.4) is 0 Å². The fraction of sp³-hybridized carbons (Fsp3) is 0.400. The summed E-state index contributed by atoms with van der Waals surface area (Å²) in [5.74, 6) is -9.04. The van der Waals surface area contributed by atoms with Crippen LogP contribution in [0, 0.1) is 40.8 Å². The second-order valence-electron chi connectivity index (χ2n) is 4.85. The first kappa shape index (κ1) is 36.7. The standard InChI is InChI=1S/3C5H5F3O2.Nd/c3*1-3(9)2-4(10)5(6,7)8;/h3*2,10H,1H3;/q;;;+3/p-3. The number of allylic oxidation sites excluding steroid dienone is 6. The molecule has 0 aromatic heterocycles. The topological polar surface area (TPSA) is 120 Å². The molecule has 0 atom stereocenters. The van der Waals surface area contributed by atoms with Crippen molar-refractivity contribution in [2.75, 3.05) is 0 Å². The number of hydrogen-bond acceptors (Lipinski definition) is 6. The normalized spacial score (nSPS) is 13.0. The van der Waals surface area contributed by atoms with Gasteiger partial charge in [-0.1, -0.05) is 0 Å². The molecule has 16 heteroatoms. The van der Waals surface area contributed by atoms with Crippen molar-refractivity contribution in [2.45, 2.75) is 39.3 Å². The van der Waals surface area contributed by atoms with Crippen molar-refractivity contribution < 1.29 is 110 Å². The summed E-state index contributed by atoms with van der Waals surface area (Å²) < 4.78 is 101. The molecule has 1 radical (unpaired) electrons. The van der Waals surface area contributed by atoms with Gasteiger partial charge in [-0.05, 0) is 56.3 Å². The molecule has 0 aliphatic heterocycles. The summed E-state index contributed by atoms with van der Waals surface area (Å²) in [6, 6.07) is 0. The Labute approximate surface area is 201 Å². The largest absolute Gasteiger partial charge is 3.00 e. The minimum Gasteiger partial charge on any atom is -0.869 e. The van der Waals surface area contributed by atoms with Crippen LogP contribution in [0.15, 0.2) is 35.5 Å². The number of carbonyl (C=O) groups is 3. The molecule has 0 N–H and O–H groups in total. The zero-order chi connectivity index (χ0) is 25.1. The molecule has 0 rings (SSSR count). The van der Waals surface area contributed by atoms with E-state index in [4.69, 9.17) is 0 Å². The molecule has 0 spiro atoms. The van der Waals surface area contributed by atoms with Gasteiger partial charge in [0.25, 0.3) is 0 Å². The van der Waals surface area contributed by atoms with Gasteiger partial charge in [0.1, 0.15) is 0 Å². The molecule has 6 nitrogen and oxygen atoms in total. The van der Waals surface area contributed by atoms with E-state index in [1.54, 1.807) is 0 Å². The number of ketones is 3. The van der Waals surface area contributed by atoms with Crippen molar-refractivity contribution >= 4 is 17.3 Å². The maximum atomic E-state index is 11.3. The van der Waals surface area contributed by atoms with Crippen LogP contribution < -0.4 is 15.3 Å². The smallest absolute Gasteiger partial charge is 0.869 e. The molecule has 0 saturated carbocycles. The summed E-state index contributed by atoms with van der Waals surface area (Å²) >= 11 is 0. The van der Waals surface area contributed by atoms with Gasteiger partial charge in [-0.3, -0.25) is 14.4 Å². The van der Waals surface area contributed by atoms with Gasteiger partial charge in [-0.25, -0.2) is 0 Å². The first-order chi connectivity index (χ1) is 13.0. The summed E-state index contributed by atoms with van der Waals surface area (Å²) in [5.41, 5.74) is 0. The molecular weight excluding hydrogens is 591 g/mol. The molecular formula is C15H12F9NdO6. The number of alkyl halides is 9. The van der Waals surface area contributed by atoms with E-state index in [-0.39, 0.29) is 59.1 Å². The van der Waals surface area contributed by atoms with Gasteiger partial charge in [-0.15, -0.1) is 0 Å². The van der Waals surface area contributed by atoms with E-state index in [9.17, 15) is 69.2 Å². The number of carbonyl (C=O) groups excluding carboxylic acids is 3. The van der Waals surface area contributed by atoms with E-state index in [0.29, 0.717) is 0 Å². The van der Waals surface area contributed by atoms with E-state index in [2.05, 4.69) is 0 Å². The zero-order valence-electron chi connectivity index (χ0n) is 15.6. The summed E-state index contributed by atoms with van der Waals surface area (Å²) in [6.45, 7) is 2.64. The van der Waals surface area contributed by atoms with E-state index in [1.165, 1.54) is 0 Å². The predicted molar refractivity (Wildman–Crippen MR) is 74.5 cm³/mol. The summed E-state index contributed by atoms with van der Waals surface area (Å²) in [4.78, 5) is 29.8. The molecule has 0 fully saturated rings. The van der Waals surface area contributed by atoms with Crippen molar-refractivity contribution in [1.29, 1.82) is 0 Å². The zero-order valence-corrected chi connectivity index (χ0v) is 18.8. The van der Waals surface area contributed by atoms with E-state index in [0.717, 1.165) is 20.8 Å². The molecule has 0 heterocycles. The van der Waals surface area contributed by atoms with Crippen LogP contribution in [-0.4, -0.2) is 35.9 Å². The van der Waals surface area contributed by atoms with Crippen LogP contribution in [0.2, 0.25) is 0 Å². The van der Waals surface area contributed by atoms with E-state index >= 15 is 0 Å². The Kier molecular flexibility index (Phi) is 18.0. The molecule has 0 amide bonds. The van der Waals surface area contributed by atoms with Crippen LogP contribution in [-0.2, 0) is 14.4 Å². The average Bonchev–Trinajstić information content (AvgIpc) is 2.43. The third-order valence-corrected chi connectivity index (χ3v) is 1.84. The molecule has 175 valence electrons. The number of rotatable bonds is 3. The molecule has 0 aromatic rings. The Bertz CT molecular complexity index is 606. The first-order valence-corrected chi connectivity index (χ1v) is 6.91. The van der Waals surface area contributed by atoms with Gasteiger partial charge in [0.15, 0.2) is 17.3 Å². The van der Waals surface area contributed by atoms with Gasteiger partial charge in [-0.2, -0.15) is 39.5 Å². The van der Waals surface area contributed by atoms with Gasteiger partial charge < -0.3 is 15.3 Å². The third kappa shape index (κ3) is 24.5. The molecule has 31 heavy (non-hydrogen) atoms. The fourth-order valence-electron chi connectivity index (χ4n) is 0.799. The van der Waals surface area contributed by atoms with Crippen molar-refractivity contribution in [2.24, 2.45) is 0 Å². The van der Waals surface area contributed by atoms with Gasteiger partial charge in [0.2, 0.25) is 0 Å². The molecule has 0 aromatic carbocycles. The summed E-state index contributed by atoms with van der Waals surface area (Å²) in [5, 5.41) is 29.6. The van der Waals surface area contributed by atoms with Crippen molar-refractivity contribution in [3.63, 3.8) is 0 Å². The van der Waals surface area contributed by atoms with Crippen LogP contribution in [0.25, 0.3) is 0 Å². The SMILES string of the molecule is CC(=O)C=C([O-])C(F)(F)F.CC(=O)C=C([O-])C(F)(F)F.CC(=O)C=C([O-])C(F)(F)F.[Nd+3]. The Morgan fingerprint density at radius 2 is 0.645 bits per heavy atom. The monoisotopic (exact) mass is 601 g/mol. The quantitative estimate of drug-likeness (QED) is 0.271. The first-order valence-electron chi connectivity index (χ1n) is 6.91. The maximum Gasteiger partial charge on any atom is 3.00 e. The summed E-state index contributed by atoms with van der Waals surface area (Å²) in [7, 11) is 0. The van der Waals surface area contributed by atoms with Gasteiger partial charge in [0.05, 0.1) is 0 Å². The van der Waals surface area contributed by atoms with Crippen molar-refractivity contribution in [3.05, 3.63) is 35.5 Å². The minimum atomic E-state index is -4.92. The second kappa shape index (κ2) is 15.2. The minimum absolute atomic E-state index is 0. The molecule has 0 unspecified atom stereocenters. The van der Waals surface area contributed by atoms with E-state index < -0.39 is 53.2 Å².